The van der Waals surface area contributed by atoms with Crippen LogP contribution in [0, 0.1) is 5.92 Å². The monoisotopic (exact) mass is 666 g/mol. The van der Waals surface area contributed by atoms with E-state index in [4.69, 9.17) is 0 Å². The van der Waals surface area contributed by atoms with Gasteiger partial charge < -0.3 is 10.2 Å². The summed E-state index contributed by atoms with van der Waals surface area (Å²) in [6.45, 7) is 5.30. The number of thioether (sulfide) groups is 1. The molecule has 0 spiro atoms. The third-order valence-corrected chi connectivity index (χ3v) is 10.8. The lowest BCUT2D eigenvalue weighted by Gasteiger charge is -2.31. The first-order valence-electron chi connectivity index (χ1n) is 14.7. The first kappa shape index (κ1) is 31.6. The smallest absolute Gasteiger partial charge is 0.372 e. The largest absolute Gasteiger partial charge is 0.416 e. The molecule has 1 saturated heterocycles. The van der Waals surface area contributed by atoms with Crippen molar-refractivity contribution in [2.45, 2.75) is 42.8 Å². The van der Waals surface area contributed by atoms with E-state index in [9.17, 15) is 32.3 Å². The number of rotatable bonds is 8. The number of aromatic nitrogens is 1. The van der Waals surface area contributed by atoms with Gasteiger partial charge in [-0.25, -0.2) is 4.90 Å². The molecule has 8 nitrogen and oxygen atoms in total. The van der Waals surface area contributed by atoms with Crippen molar-refractivity contribution in [3.05, 3.63) is 105 Å². The van der Waals surface area contributed by atoms with Gasteiger partial charge in [-0.05, 0) is 61.9 Å². The van der Waals surface area contributed by atoms with Crippen molar-refractivity contribution in [2.75, 3.05) is 28.2 Å². The standard InChI is InChI=1S/C33H29F3N4O4S2/c1-3-38(4-2)22-15-13-19(14-16-22)25-26-27(30(43)40(29(26)42)23-12-8-9-20(17-23)33(34,35)36)45-31-28(25)46-32(44)39(31)18-24(41)37-21-10-6-5-7-11-21/h5-17,25-27H,3-4,18H2,1-2H3,(H,37,41)/t25-,26-,27+/m0/s1. The van der Waals surface area contributed by atoms with Crippen molar-refractivity contribution in [3.8, 4) is 0 Å². The predicted octanol–water partition coefficient (Wildman–Crippen LogP) is 6.21. The van der Waals surface area contributed by atoms with Gasteiger partial charge in [0.25, 0.3) is 0 Å². The number of anilines is 3. The van der Waals surface area contributed by atoms with Crippen LogP contribution in [-0.2, 0) is 27.1 Å². The van der Waals surface area contributed by atoms with E-state index in [0.717, 1.165) is 65.0 Å². The minimum atomic E-state index is -4.67. The second kappa shape index (κ2) is 12.4. The van der Waals surface area contributed by atoms with Gasteiger partial charge in [-0.15, -0.1) is 0 Å². The van der Waals surface area contributed by atoms with E-state index in [-0.39, 0.29) is 12.2 Å². The minimum absolute atomic E-state index is 0.168. The summed E-state index contributed by atoms with van der Waals surface area (Å²) in [6.07, 6.45) is -4.67. The van der Waals surface area contributed by atoms with E-state index in [1.165, 1.54) is 10.6 Å². The van der Waals surface area contributed by atoms with Crippen molar-refractivity contribution in [3.63, 3.8) is 0 Å². The first-order valence-corrected chi connectivity index (χ1v) is 16.4. The fourth-order valence-electron chi connectivity index (χ4n) is 6.04. The molecule has 4 aromatic rings. The number of amides is 3. The maximum absolute atomic E-state index is 14.1. The number of fused-ring (bicyclic) bond motifs is 2. The van der Waals surface area contributed by atoms with E-state index in [1.807, 2.05) is 38.1 Å². The number of hydrogen-bond acceptors (Lipinski definition) is 7. The number of carbonyl (C=O) groups excluding carboxylic acids is 3. The van der Waals surface area contributed by atoms with Crippen LogP contribution in [0.5, 0.6) is 0 Å². The molecule has 13 heteroatoms. The number of nitrogens with one attached hydrogen (secondary N) is 1. The van der Waals surface area contributed by atoms with Crippen molar-refractivity contribution in [1.82, 2.24) is 4.57 Å². The van der Waals surface area contributed by atoms with Gasteiger partial charge in [0.15, 0.2) is 0 Å². The van der Waals surface area contributed by atoms with Crippen LogP contribution in [0.25, 0.3) is 0 Å². The Bertz CT molecular complexity index is 1850. The van der Waals surface area contributed by atoms with Gasteiger partial charge in [0.1, 0.15) is 11.8 Å². The molecule has 238 valence electrons. The fraction of sp³-hybridized carbons (Fsp3) is 0.273. The third-order valence-electron chi connectivity index (χ3n) is 8.22. The molecule has 2 aliphatic heterocycles. The second-order valence-electron chi connectivity index (χ2n) is 10.9. The minimum Gasteiger partial charge on any atom is -0.372 e. The van der Waals surface area contributed by atoms with Crippen LogP contribution in [0.15, 0.2) is 88.7 Å². The van der Waals surface area contributed by atoms with Gasteiger partial charge >= 0.3 is 11.0 Å². The maximum Gasteiger partial charge on any atom is 0.416 e. The van der Waals surface area contributed by atoms with Gasteiger partial charge in [0.05, 0.1) is 22.2 Å². The number of hydrogen-bond donors (Lipinski definition) is 1. The number of benzene rings is 3. The maximum atomic E-state index is 14.1. The van der Waals surface area contributed by atoms with E-state index < -0.39 is 51.4 Å². The molecule has 3 amide bonds. The van der Waals surface area contributed by atoms with Crippen molar-refractivity contribution in [2.24, 2.45) is 5.92 Å². The molecule has 46 heavy (non-hydrogen) atoms. The first-order chi connectivity index (χ1) is 22.0. The van der Waals surface area contributed by atoms with Gasteiger partial charge in [-0.2, -0.15) is 13.2 Å². The number of carbonyl (C=O) groups is 3. The third kappa shape index (κ3) is 5.73. The normalized spacial score (nSPS) is 19.2. The molecule has 2 aliphatic rings. The van der Waals surface area contributed by atoms with E-state index in [2.05, 4.69) is 10.2 Å². The molecule has 0 aliphatic carbocycles. The molecular formula is C33H29F3N4O4S2. The van der Waals surface area contributed by atoms with Crippen LogP contribution in [-0.4, -0.2) is 40.6 Å². The Kier molecular flexibility index (Phi) is 8.55. The van der Waals surface area contributed by atoms with Gasteiger partial charge in [0, 0.05) is 35.3 Å². The number of imide groups is 1. The molecule has 1 aromatic heterocycles. The van der Waals surface area contributed by atoms with Crippen LogP contribution in [0.2, 0.25) is 0 Å². The van der Waals surface area contributed by atoms with Crippen molar-refractivity contribution >= 4 is 57.9 Å². The molecule has 1 N–H and O–H groups in total. The SMILES string of the molecule is CCN(CC)c1ccc([C@@H]2c3sc(=O)n(CC(=O)Nc4ccccc4)c3S[C@H]3C(=O)N(c4cccc(C(F)(F)F)c4)C(=O)[C@@H]23)cc1. The highest BCUT2D eigenvalue weighted by Gasteiger charge is 2.57. The van der Waals surface area contributed by atoms with Crippen molar-refractivity contribution < 1.29 is 27.6 Å². The second-order valence-corrected chi connectivity index (χ2v) is 13.0. The van der Waals surface area contributed by atoms with Crippen LogP contribution in [0.4, 0.5) is 30.2 Å². The molecule has 0 saturated carbocycles. The lowest BCUT2D eigenvalue weighted by molar-refractivity contribution is -0.137. The molecule has 3 aromatic carbocycles. The Balaban J connectivity index is 1.42. The lowest BCUT2D eigenvalue weighted by Crippen LogP contribution is -2.33. The molecule has 0 bridgehead atoms. The zero-order valence-corrected chi connectivity index (χ0v) is 26.4. The molecule has 0 unspecified atom stereocenters. The van der Waals surface area contributed by atoms with Gasteiger partial charge in [-0.3, -0.25) is 23.7 Å². The fourth-order valence-corrected chi connectivity index (χ4v) is 8.81. The Morgan fingerprint density at radius 1 is 0.913 bits per heavy atom. The van der Waals surface area contributed by atoms with Crippen LogP contribution < -0.4 is 20.0 Å². The zero-order valence-electron chi connectivity index (χ0n) is 24.8. The molecule has 3 atom stereocenters. The topological polar surface area (TPSA) is 91.7 Å². The summed E-state index contributed by atoms with van der Waals surface area (Å²) in [5.41, 5.74) is 1.05. The van der Waals surface area contributed by atoms with Crippen molar-refractivity contribution in [1.29, 1.82) is 0 Å². The highest BCUT2D eigenvalue weighted by Crippen LogP contribution is 2.54. The summed E-state index contributed by atoms with van der Waals surface area (Å²) in [6, 6.07) is 20.5. The average molecular weight is 667 g/mol. The number of thiazole rings is 1. The van der Waals surface area contributed by atoms with Gasteiger partial charge in [-0.1, -0.05) is 59.5 Å². The summed E-state index contributed by atoms with van der Waals surface area (Å²) in [5.74, 6) is -3.48. The number of para-hydroxylation sites is 1. The Labute approximate surface area is 270 Å². The summed E-state index contributed by atoms with van der Waals surface area (Å²) < 4.78 is 42.0. The summed E-state index contributed by atoms with van der Waals surface area (Å²) in [7, 11) is 0. The summed E-state index contributed by atoms with van der Waals surface area (Å²) in [5, 5.41) is 2.13. The number of alkyl halides is 3. The highest BCUT2D eigenvalue weighted by atomic mass is 32.2. The summed E-state index contributed by atoms with van der Waals surface area (Å²) in [4.78, 5) is 57.5. The lowest BCUT2D eigenvalue weighted by atomic mass is 9.83. The molecule has 3 heterocycles. The zero-order chi connectivity index (χ0) is 32.7. The average Bonchev–Trinajstić information content (AvgIpc) is 3.48. The Morgan fingerprint density at radius 2 is 1.61 bits per heavy atom. The number of halogens is 3. The molecule has 1 fully saturated rings. The van der Waals surface area contributed by atoms with E-state index in [1.54, 1.807) is 30.3 Å². The quantitative estimate of drug-likeness (QED) is 0.225. The van der Waals surface area contributed by atoms with Crippen LogP contribution in [0.3, 0.4) is 0 Å². The van der Waals surface area contributed by atoms with Gasteiger partial charge in [0.2, 0.25) is 17.7 Å². The van der Waals surface area contributed by atoms with E-state index >= 15 is 0 Å². The number of nitrogens with zero attached hydrogens (tertiary/aromatic N) is 3. The highest BCUT2D eigenvalue weighted by molar-refractivity contribution is 8.00. The van der Waals surface area contributed by atoms with E-state index in [0.29, 0.717) is 21.2 Å². The van der Waals surface area contributed by atoms with Crippen LogP contribution in [0.1, 0.15) is 35.8 Å². The Morgan fingerprint density at radius 3 is 2.26 bits per heavy atom. The Hall–Kier alpha value is -4.36. The molecular weight excluding hydrogens is 638 g/mol. The molecule has 6 rings (SSSR count). The molecule has 0 radical (unpaired) electrons. The summed E-state index contributed by atoms with van der Waals surface area (Å²) >= 11 is 1.92. The van der Waals surface area contributed by atoms with Crippen LogP contribution >= 0.6 is 23.1 Å². The predicted molar refractivity (Wildman–Crippen MR) is 173 cm³/mol.